The predicted molar refractivity (Wildman–Crippen MR) is 120 cm³/mol. The van der Waals surface area contributed by atoms with Gasteiger partial charge in [0.2, 0.25) is 11.9 Å². The maximum Gasteiger partial charge on any atom is 0.238 e. The number of anilines is 2. The summed E-state index contributed by atoms with van der Waals surface area (Å²) in [6.45, 7) is 6.24. The van der Waals surface area contributed by atoms with Gasteiger partial charge in [0.15, 0.2) is 5.16 Å². The van der Waals surface area contributed by atoms with Crippen molar-refractivity contribution in [2.75, 3.05) is 30.4 Å². The number of aromatic nitrogens is 3. The summed E-state index contributed by atoms with van der Waals surface area (Å²) in [5.74, 6) is 1.91. The van der Waals surface area contributed by atoms with Crippen LogP contribution in [0.2, 0.25) is 0 Å². The lowest BCUT2D eigenvalue weighted by Gasteiger charge is -2.28. The number of nitrogens with one attached hydrogen (secondary N) is 1. The summed E-state index contributed by atoms with van der Waals surface area (Å²) < 4.78 is 7.48. The van der Waals surface area contributed by atoms with Crippen LogP contribution < -0.4 is 15.0 Å². The molecule has 1 unspecified atom stereocenters. The van der Waals surface area contributed by atoms with Crippen molar-refractivity contribution in [2.45, 2.75) is 62.4 Å². The molecule has 4 rings (SSSR count). The average Bonchev–Trinajstić information content (AvgIpc) is 3.52. The molecule has 7 nitrogen and oxygen atoms in total. The minimum Gasteiger partial charge on any atom is -0.497 e. The Morgan fingerprint density at radius 1 is 1.13 bits per heavy atom. The average molecular weight is 430 g/mol. The molecule has 1 saturated heterocycles. The predicted octanol–water partition coefficient (Wildman–Crippen LogP) is 4.37. The summed E-state index contributed by atoms with van der Waals surface area (Å²) in [6.07, 6.45) is 6.03. The van der Waals surface area contributed by atoms with Crippen LogP contribution in [0.5, 0.6) is 5.75 Å². The molecular formula is C22H31N5O2S. The largest absolute Gasteiger partial charge is 0.497 e. The lowest BCUT2D eigenvalue weighted by Crippen LogP contribution is -2.32. The summed E-state index contributed by atoms with van der Waals surface area (Å²) in [7, 11) is 1.63. The van der Waals surface area contributed by atoms with Crippen LogP contribution in [0.3, 0.4) is 0 Å². The Hall–Kier alpha value is -2.22. The molecule has 1 saturated carbocycles. The van der Waals surface area contributed by atoms with E-state index in [9.17, 15) is 4.79 Å². The number of nitrogens with zero attached hydrogens (tertiary/aromatic N) is 4. The quantitative estimate of drug-likeness (QED) is 0.629. The lowest BCUT2D eigenvalue weighted by atomic mass is 10.1. The molecule has 1 amide bonds. The van der Waals surface area contributed by atoms with E-state index >= 15 is 0 Å². The Morgan fingerprint density at radius 3 is 2.43 bits per heavy atom. The van der Waals surface area contributed by atoms with E-state index in [4.69, 9.17) is 4.74 Å². The Morgan fingerprint density at radius 2 is 1.83 bits per heavy atom. The van der Waals surface area contributed by atoms with Crippen LogP contribution >= 0.6 is 11.8 Å². The van der Waals surface area contributed by atoms with Gasteiger partial charge in [0.05, 0.1) is 12.4 Å². The molecule has 1 aromatic heterocycles. The number of amides is 1. The van der Waals surface area contributed by atoms with E-state index in [2.05, 4.69) is 38.8 Å². The van der Waals surface area contributed by atoms with Crippen molar-refractivity contribution in [1.29, 1.82) is 0 Å². The zero-order valence-corrected chi connectivity index (χ0v) is 18.8. The molecule has 0 bridgehead atoms. The van der Waals surface area contributed by atoms with E-state index in [1.807, 2.05) is 24.3 Å². The first-order valence-corrected chi connectivity index (χ1v) is 11.8. The summed E-state index contributed by atoms with van der Waals surface area (Å²) in [6, 6.07) is 7.89. The third kappa shape index (κ3) is 4.74. The highest BCUT2D eigenvalue weighted by atomic mass is 32.2. The van der Waals surface area contributed by atoms with E-state index in [0.717, 1.165) is 48.5 Å². The molecule has 1 N–H and O–H groups in total. The van der Waals surface area contributed by atoms with Gasteiger partial charge in [0.1, 0.15) is 5.75 Å². The smallest absolute Gasteiger partial charge is 0.238 e. The molecule has 1 aromatic carbocycles. The zero-order valence-electron chi connectivity index (χ0n) is 18.0. The number of benzene rings is 1. The highest BCUT2D eigenvalue weighted by molar-refractivity contribution is 8.00. The van der Waals surface area contributed by atoms with Crippen molar-refractivity contribution in [3.63, 3.8) is 0 Å². The van der Waals surface area contributed by atoms with Gasteiger partial charge >= 0.3 is 0 Å². The van der Waals surface area contributed by atoms with Gasteiger partial charge in [-0.1, -0.05) is 25.6 Å². The number of rotatable bonds is 8. The number of carbonyl (C=O) groups is 1. The van der Waals surface area contributed by atoms with Crippen LogP contribution in [0, 0.1) is 5.92 Å². The fourth-order valence-electron chi connectivity index (χ4n) is 3.81. The van der Waals surface area contributed by atoms with Crippen molar-refractivity contribution < 1.29 is 9.53 Å². The van der Waals surface area contributed by atoms with Gasteiger partial charge in [-0.3, -0.25) is 9.36 Å². The number of piperidine rings is 1. The van der Waals surface area contributed by atoms with Gasteiger partial charge < -0.3 is 15.0 Å². The fraction of sp³-hybridized carbons (Fsp3) is 0.591. The first-order chi connectivity index (χ1) is 14.6. The van der Waals surface area contributed by atoms with Gasteiger partial charge in [-0.25, -0.2) is 0 Å². The van der Waals surface area contributed by atoms with Crippen LogP contribution in [0.4, 0.5) is 11.6 Å². The Bertz CT molecular complexity index is 857. The van der Waals surface area contributed by atoms with E-state index in [1.165, 1.54) is 31.0 Å². The van der Waals surface area contributed by atoms with Gasteiger partial charge in [0, 0.05) is 24.8 Å². The maximum atomic E-state index is 13.1. The molecule has 162 valence electrons. The van der Waals surface area contributed by atoms with E-state index in [1.54, 1.807) is 7.11 Å². The lowest BCUT2D eigenvalue weighted by molar-refractivity contribution is -0.116. The highest BCUT2D eigenvalue weighted by Crippen LogP contribution is 2.42. The fourth-order valence-corrected chi connectivity index (χ4v) is 4.90. The van der Waals surface area contributed by atoms with Crippen molar-refractivity contribution in [1.82, 2.24) is 14.8 Å². The van der Waals surface area contributed by atoms with Gasteiger partial charge in [0.25, 0.3) is 0 Å². The van der Waals surface area contributed by atoms with Crippen molar-refractivity contribution in [3.8, 4) is 5.75 Å². The van der Waals surface area contributed by atoms with E-state index < -0.39 is 0 Å². The van der Waals surface area contributed by atoms with E-state index in [0.29, 0.717) is 6.04 Å². The zero-order chi connectivity index (χ0) is 21.1. The SMILES string of the molecule is COc1ccc(NC(=O)C(Sc2nnc(N3CCCCC3)n2C2CC2)C(C)C)cc1. The number of ether oxygens (including phenoxy) is 1. The third-order valence-electron chi connectivity index (χ3n) is 5.65. The minimum absolute atomic E-state index is 0.00923. The molecule has 2 aromatic rings. The number of thioether (sulfide) groups is 1. The second-order valence-electron chi connectivity index (χ2n) is 8.43. The van der Waals surface area contributed by atoms with Crippen LogP contribution in [-0.2, 0) is 4.79 Å². The van der Waals surface area contributed by atoms with Crippen LogP contribution in [0.1, 0.15) is 52.0 Å². The van der Waals surface area contributed by atoms with Gasteiger partial charge in [-0.05, 0) is 62.3 Å². The topological polar surface area (TPSA) is 72.3 Å². The monoisotopic (exact) mass is 429 g/mol. The van der Waals surface area contributed by atoms with Crippen LogP contribution in [0.15, 0.2) is 29.4 Å². The molecule has 0 radical (unpaired) electrons. The molecule has 30 heavy (non-hydrogen) atoms. The molecule has 2 aliphatic rings. The molecule has 1 atom stereocenters. The number of carbonyl (C=O) groups excluding carboxylic acids is 1. The standard InChI is InChI=1S/C22H31N5O2S/c1-15(2)19(20(28)23-16-7-11-18(29-3)12-8-16)30-22-25-24-21(27(22)17-9-10-17)26-13-5-4-6-14-26/h7-8,11-12,15,17,19H,4-6,9-10,13-14H2,1-3H3,(H,23,28). The molecule has 0 spiro atoms. The summed E-state index contributed by atoms with van der Waals surface area (Å²) in [4.78, 5) is 15.4. The number of hydrogen-bond donors (Lipinski definition) is 1. The van der Waals surface area contributed by atoms with Crippen LogP contribution in [-0.4, -0.2) is 46.1 Å². The first-order valence-electron chi connectivity index (χ1n) is 10.9. The van der Waals surface area contributed by atoms with Crippen molar-refractivity contribution in [2.24, 2.45) is 5.92 Å². The van der Waals surface area contributed by atoms with Crippen molar-refractivity contribution >= 4 is 29.3 Å². The summed E-state index contributed by atoms with van der Waals surface area (Å²) in [5, 5.41) is 12.7. The maximum absolute atomic E-state index is 13.1. The minimum atomic E-state index is -0.247. The van der Waals surface area contributed by atoms with Gasteiger partial charge in [-0.15, -0.1) is 10.2 Å². The second-order valence-corrected chi connectivity index (χ2v) is 9.54. The molecule has 2 fully saturated rings. The Balaban J connectivity index is 1.51. The highest BCUT2D eigenvalue weighted by Gasteiger charge is 2.34. The normalized spacial score (nSPS) is 17.8. The number of hydrogen-bond acceptors (Lipinski definition) is 6. The molecule has 8 heteroatoms. The molecule has 1 aliphatic heterocycles. The molecular weight excluding hydrogens is 398 g/mol. The molecule has 1 aliphatic carbocycles. The second kappa shape index (κ2) is 9.29. The van der Waals surface area contributed by atoms with Crippen LogP contribution in [0.25, 0.3) is 0 Å². The third-order valence-corrected chi connectivity index (χ3v) is 7.15. The Kier molecular flexibility index (Phi) is 6.51. The summed E-state index contributed by atoms with van der Waals surface area (Å²) >= 11 is 1.54. The number of methoxy groups -OCH3 is 1. The summed E-state index contributed by atoms with van der Waals surface area (Å²) in [5.41, 5.74) is 0.768. The Labute approximate surface area is 182 Å². The van der Waals surface area contributed by atoms with E-state index in [-0.39, 0.29) is 17.1 Å². The first kappa shape index (κ1) is 21.0. The van der Waals surface area contributed by atoms with Gasteiger partial charge in [-0.2, -0.15) is 0 Å². The molecule has 2 heterocycles. The van der Waals surface area contributed by atoms with Crippen molar-refractivity contribution in [3.05, 3.63) is 24.3 Å².